The molecule has 0 spiro atoms. The van der Waals surface area contributed by atoms with E-state index in [4.69, 9.17) is 5.73 Å². The summed E-state index contributed by atoms with van der Waals surface area (Å²) < 4.78 is 26.7. The minimum atomic E-state index is -3.28. The highest BCUT2D eigenvalue weighted by molar-refractivity contribution is 7.88. The Hall–Kier alpha value is -1.07. The van der Waals surface area contributed by atoms with Gasteiger partial charge in [0, 0.05) is 11.7 Å². The molecule has 18 heavy (non-hydrogen) atoms. The summed E-state index contributed by atoms with van der Waals surface area (Å²) >= 11 is 0. The van der Waals surface area contributed by atoms with Crippen molar-refractivity contribution in [1.29, 1.82) is 0 Å². The highest BCUT2D eigenvalue weighted by Crippen LogP contribution is 2.35. The van der Waals surface area contributed by atoms with Gasteiger partial charge >= 0.3 is 0 Å². The Bertz CT molecular complexity index is 513. The molecule has 5 heteroatoms. The second-order valence-corrected chi connectivity index (χ2v) is 6.72. The summed E-state index contributed by atoms with van der Waals surface area (Å²) in [6, 6.07) is 7.22. The van der Waals surface area contributed by atoms with E-state index in [0.29, 0.717) is 17.2 Å². The van der Waals surface area contributed by atoms with Gasteiger partial charge in [0.05, 0.1) is 5.75 Å². The molecule has 0 radical (unpaired) electrons. The predicted octanol–water partition coefficient (Wildman–Crippen LogP) is 1.88. The predicted molar refractivity (Wildman–Crippen MR) is 73.4 cm³/mol. The van der Waals surface area contributed by atoms with Crippen LogP contribution in [0.25, 0.3) is 0 Å². The topological polar surface area (TPSA) is 72.2 Å². The van der Waals surface area contributed by atoms with Gasteiger partial charge < -0.3 is 5.73 Å². The number of nitrogens with one attached hydrogen (secondary N) is 1. The molecule has 0 bridgehead atoms. The van der Waals surface area contributed by atoms with Crippen LogP contribution in [0.1, 0.15) is 31.7 Å². The zero-order valence-corrected chi connectivity index (χ0v) is 11.4. The number of nitrogen functional groups attached to an aromatic ring is 1. The Morgan fingerprint density at radius 2 is 2.11 bits per heavy atom. The standard InChI is InChI=1S/C13H20N2O2S/c1-2-5-10-8-13(10)15-18(16,17)9-11-6-3-4-7-12(11)14/h3-4,6-7,10,13,15H,2,5,8-9,14H2,1H3. The van der Waals surface area contributed by atoms with Crippen molar-refractivity contribution in [2.24, 2.45) is 5.92 Å². The van der Waals surface area contributed by atoms with E-state index in [1.807, 2.05) is 0 Å². The zero-order valence-electron chi connectivity index (χ0n) is 10.6. The monoisotopic (exact) mass is 268 g/mol. The first kappa shape index (κ1) is 13.4. The third kappa shape index (κ3) is 3.46. The second-order valence-electron chi connectivity index (χ2n) is 4.97. The Kier molecular flexibility index (Phi) is 3.92. The van der Waals surface area contributed by atoms with Crippen molar-refractivity contribution in [3.05, 3.63) is 29.8 Å². The van der Waals surface area contributed by atoms with Gasteiger partial charge in [-0.1, -0.05) is 31.5 Å². The second kappa shape index (κ2) is 5.28. The number of nitrogens with two attached hydrogens (primary N) is 1. The zero-order chi connectivity index (χ0) is 13.2. The van der Waals surface area contributed by atoms with E-state index in [9.17, 15) is 8.42 Å². The lowest BCUT2D eigenvalue weighted by molar-refractivity contribution is 0.572. The summed E-state index contributed by atoms with van der Waals surface area (Å²) in [6.07, 6.45) is 3.17. The number of benzene rings is 1. The molecule has 0 saturated heterocycles. The molecule has 4 nitrogen and oxygen atoms in total. The molecule has 1 saturated carbocycles. The van der Waals surface area contributed by atoms with Crippen LogP contribution in [0.5, 0.6) is 0 Å². The quantitative estimate of drug-likeness (QED) is 0.774. The maximum absolute atomic E-state index is 12.0. The Balaban J connectivity index is 1.95. The molecule has 1 aromatic rings. The van der Waals surface area contributed by atoms with Crippen LogP contribution in [0.2, 0.25) is 0 Å². The maximum atomic E-state index is 12.0. The largest absolute Gasteiger partial charge is 0.398 e. The average molecular weight is 268 g/mol. The molecule has 1 fully saturated rings. The molecular formula is C13H20N2O2S. The van der Waals surface area contributed by atoms with Gasteiger partial charge in [-0.25, -0.2) is 13.1 Å². The van der Waals surface area contributed by atoms with Crippen molar-refractivity contribution in [3.63, 3.8) is 0 Å². The lowest BCUT2D eigenvalue weighted by Crippen LogP contribution is -2.28. The van der Waals surface area contributed by atoms with Crippen molar-refractivity contribution < 1.29 is 8.42 Å². The van der Waals surface area contributed by atoms with Crippen LogP contribution in [-0.4, -0.2) is 14.5 Å². The van der Waals surface area contributed by atoms with Crippen LogP contribution >= 0.6 is 0 Å². The summed E-state index contributed by atoms with van der Waals surface area (Å²) in [5, 5.41) is 0. The number of para-hydroxylation sites is 1. The van der Waals surface area contributed by atoms with E-state index in [1.54, 1.807) is 24.3 Å². The number of rotatable bonds is 6. The molecule has 2 atom stereocenters. The smallest absolute Gasteiger partial charge is 0.216 e. The van der Waals surface area contributed by atoms with E-state index < -0.39 is 10.0 Å². The highest BCUT2D eigenvalue weighted by atomic mass is 32.2. The lowest BCUT2D eigenvalue weighted by atomic mass is 10.2. The van der Waals surface area contributed by atoms with Crippen LogP contribution in [0.15, 0.2) is 24.3 Å². The summed E-state index contributed by atoms with van der Waals surface area (Å²) in [5.41, 5.74) is 6.95. The highest BCUT2D eigenvalue weighted by Gasteiger charge is 2.38. The van der Waals surface area contributed by atoms with E-state index in [1.165, 1.54) is 0 Å². The fourth-order valence-corrected chi connectivity index (χ4v) is 3.73. The average Bonchev–Trinajstić information content (AvgIpc) is 2.99. The van der Waals surface area contributed by atoms with E-state index in [0.717, 1.165) is 19.3 Å². The molecule has 0 aromatic heterocycles. The molecule has 2 rings (SSSR count). The maximum Gasteiger partial charge on any atom is 0.216 e. The first-order valence-corrected chi connectivity index (χ1v) is 8.00. The first-order valence-electron chi connectivity index (χ1n) is 6.35. The van der Waals surface area contributed by atoms with Crippen LogP contribution in [0, 0.1) is 5.92 Å². The van der Waals surface area contributed by atoms with Gasteiger partial charge in [0.15, 0.2) is 0 Å². The minimum Gasteiger partial charge on any atom is -0.398 e. The normalized spacial score (nSPS) is 22.9. The minimum absolute atomic E-state index is 0.0327. The van der Waals surface area contributed by atoms with Gasteiger partial charge in [-0.2, -0.15) is 0 Å². The van der Waals surface area contributed by atoms with Gasteiger partial charge in [-0.05, 0) is 30.4 Å². The molecule has 3 N–H and O–H groups in total. The summed E-state index contributed by atoms with van der Waals surface area (Å²) in [5.74, 6) is 0.493. The molecule has 1 aliphatic carbocycles. The van der Waals surface area contributed by atoms with E-state index in [2.05, 4.69) is 11.6 Å². The van der Waals surface area contributed by atoms with Crippen LogP contribution < -0.4 is 10.5 Å². The molecule has 0 aliphatic heterocycles. The fraction of sp³-hybridized carbons (Fsp3) is 0.538. The molecule has 1 aliphatic rings. The van der Waals surface area contributed by atoms with Crippen LogP contribution in [-0.2, 0) is 15.8 Å². The Morgan fingerprint density at radius 3 is 2.78 bits per heavy atom. The van der Waals surface area contributed by atoms with Crippen LogP contribution in [0.3, 0.4) is 0 Å². The molecule has 0 amide bonds. The summed E-state index contributed by atoms with van der Waals surface area (Å²) in [6.45, 7) is 2.12. The first-order chi connectivity index (χ1) is 8.52. The van der Waals surface area contributed by atoms with Crippen LogP contribution in [0.4, 0.5) is 5.69 Å². The summed E-state index contributed by atoms with van der Waals surface area (Å²) in [4.78, 5) is 0. The molecule has 0 heterocycles. The van der Waals surface area contributed by atoms with E-state index >= 15 is 0 Å². The molecule has 2 unspecified atom stereocenters. The number of anilines is 1. The molecule has 100 valence electrons. The number of sulfonamides is 1. The van der Waals surface area contributed by atoms with Crippen molar-refractivity contribution >= 4 is 15.7 Å². The van der Waals surface area contributed by atoms with Crippen molar-refractivity contribution in [1.82, 2.24) is 4.72 Å². The van der Waals surface area contributed by atoms with Gasteiger partial charge in [-0.3, -0.25) is 0 Å². The van der Waals surface area contributed by atoms with E-state index in [-0.39, 0.29) is 11.8 Å². The molecule has 1 aromatic carbocycles. The SMILES string of the molecule is CCCC1CC1NS(=O)(=O)Cc1ccccc1N. The van der Waals surface area contributed by atoms with Gasteiger partial charge in [0.25, 0.3) is 0 Å². The lowest BCUT2D eigenvalue weighted by Gasteiger charge is -2.08. The van der Waals surface area contributed by atoms with Gasteiger partial charge in [-0.15, -0.1) is 0 Å². The van der Waals surface area contributed by atoms with Crippen molar-refractivity contribution in [2.75, 3.05) is 5.73 Å². The van der Waals surface area contributed by atoms with Crippen molar-refractivity contribution in [2.45, 2.75) is 38.0 Å². The van der Waals surface area contributed by atoms with Gasteiger partial charge in [0.2, 0.25) is 10.0 Å². The number of hydrogen-bond donors (Lipinski definition) is 2. The third-order valence-electron chi connectivity index (χ3n) is 3.31. The summed E-state index contributed by atoms with van der Waals surface area (Å²) in [7, 11) is -3.28. The number of hydrogen-bond acceptors (Lipinski definition) is 3. The fourth-order valence-electron chi connectivity index (χ4n) is 2.22. The Morgan fingerprint density at radius 1 is 1.39 bits per heavy atom. The third-order valence-corrected chi connectivity index (χ3v) is 4.67. The molecular weight excluding hydrogens is 248 g/mol. The Labute approximate surface area is 109 Å². The van der Waals surface area contributed by atoms with Crippen molar-refractivity contribution in [3.8, 4) is 0 Å². The van der Waals surface area contributed by atoms with Gasteiger partial charge in [0.1, 0.15) is 0 Å².